The first kappa shape index (κ1) is 15.1. The van der Waals surface area contributed by atoms with Gasteiger partial charge in [0.05, 0.1) is 10.7 Å². The van der Waals surface area contributed by atoms with E-state index in [0.29, 0.717) is 6.54 Å². The van der Waals surface area contributed by atoms with Crippen molar-refractivity contribution in [2.24, 2.45) is 0 Å². The lowest BCUT2D eigenvalue weighted by molar-refractivity contribution is 0.595. The van der Waals surface area contributed by atoms with E-state index >= 15 is 0 Å². The Morgan fingerprint density at radius 1 is 1.31 bits per heavy atom. The van der Waals surface area contributed by atoms with E-state index in [4.69, 9.17) is 0 Å². The standard InChI is InChI=1S/C12H21NO2S/c1-4-7-9-13-10-11-16(14,15)12(6-3)8-5-2/h5-6,8,13H,2-4,7,9-11H2,1H3/b12-8+. The van der Waals surface area contributed by atoms with Crippen LogP contribution in [0.4, 0.5) is 0 Å². The van der Waals surface area contributed by atoms with Gasteiger partial charge in [-0.2, -0.15) is 0 Å². The van der Waals surface area contributed by atoms with Gasteiger partial charge in [0.15, 0.2) is 9.84 Å². The summed E-state index contributed by atoms with van der Waals surface area (Å²) in [4.78, 5) is 0.236. The van der Waals surface area contributed by atoms with Gasteiger partial charge < -0.3 is 5.32 Å². The van der Waals surface area contributed by atoms with E-state index in [1.807, 2.05) is 0 Å². The summed E-state index contributed by atoms with van der Waals surface area (Å²) in [6.45, 7) is 10.4. The number of nitrogens with one attached hydrogen (secondary N) is 1. The molecule has 0 atom stereocenters. The van der Waals surface area contributed by atoms with Crippen LogP contribution in [0.1, 0.15) is 19.8 Å². The zero-order valence-corrected chi connectivity index (χ0v) is 10.7. The van der Waals surface area contributed by atoms with Crippen molar-refractivity contribution < 1.29 is 8.42 Å². The highest BCUT2D eigenvalue weighted by Crippen LogP contribution is 2.08. The van der Waals surface area contributed by atoms with Gasteiger partial charge in [0, 0.05) is 6.54 Å². The van der Waals surface area contributed by atoms with Crippen LogP contribution >= 0.6 is 0 Å². The third-order valence-corrected chi connectivity index (χ3v) is 3.86. The highest BCUT2D eigenvalue weighted by Gasteiger charge is 2.13. The number of sulfone groups is 1. The maximum absolute atomic E-state index is 11.8. The molecule has 16 heavy (non-hydrogen) atoms. The lowest BCUT2D eigenvalue weighted by atomic mass is 10.3. The molecule has 0 rings (SSSR count). The monoisotopic (exact) mass is 243 g/mol. The number of hydrogen-bond acceptors (Lipinski definition) is 3. The summed E-state index contributed by atoms with van der Waals surface area (Å²) in [6, 6.07) is 0. The van der Waals surface area contributed by atoms with E-state index in [-0.39, 0.29) is 10.7 Å². The molecule has 0 spiro atoms. The summed E-state index contributed by atoms with van der Waals surface area (Å²) >= 11 is 0. The second-order valence-electron chi connectivity index (χ2n) is 3.43. The molecule has 0 aliphatic rings. The van der Waals surface area contributed by atoms with E-state index in [0.717, 1.165) is 19.4 Å². The van der Waals surface area contributed by atoms with Crippen LogP contribution in [0.15, 0.2) is 36.3 Å². The van der Waals surface area contributed by atoms with Gasteiger partial charge in [-0.25, -0.2) is 8.42 Å². The molecule has 1 N–H and O–H groups in total. The number of rotatable bonds is 9. The molecule has 0 fully saturated rings. The first-order chi connectivity index (χ1) is 7.58. The van der Waals surface area contributed by atoms with Crippen LogP contribution in [-0.4, -0.2) is 27.3 Å². The normalized spacial score (nSPS) is 12.4. The summed E-state index contributed by atoms with van der Waals surface area (Å²) in [5.74, 6) is 0.0996. The molecule has 0 bridgehead atoms. The Labute approximate surface area is 98.9 Å². The van der Waals surface area contributed by atoms with E-state index in [1.54, 1.807) is 0 Å². The first-order valence-electron chi connectivity index (χ1n) is 5.47. The summed E-state index contributed by atoms with van der Waals surface area (Å²) < 4.78 is 23.5. The van der Waals surface area contributed by atoms with Crippen LogP contribution in [-0.2, 0) is 9.84 Å². The second kappa shape index (κ2) is 8.30. The van der Waals surface area contributed by atoms with Crippen molar-refractivity contribution in [2.45, 2.75) is 19.8 Å². The quantitative estimate of drug-likeness (QED) is 0.498. The maximum Gasteiger partial charge on any atom is 0.179 e. The van der Waals surface area contributed by atoms with E-state index in [2.05, 4.69) is 25.4 Å². The number of allylic oxidation sites excluding steroid dienone is 3. The van der Waals surface area contributed by atoms with E-state index in [9.17, 15) is 8.42 Å². The number of unbranched alkanes of at least 4 members (excludes halogenated alkanes) is 1. The minimum absolute atomic E-state index is 0.0996. The summed E-state index contributed by atoms with van der Waals surface area (Å²) in [7, 11) is -3.21. The summed E-state index contributed by atoms with van der Waals surface area (Å²) in [6.07, 6.45) is 6.45. The molecule has 0 heterocycles. The van der Waals surface area contributed by atoms with Crippen molar-refractivity contribution in [1.29, 1.82) is 0 Å². The van der Waals surface area contributed by atoms with Crippen LogP contribution in [0.25, 0.3) is 0 Å². The van der Waals surface area contributed by atoms with Gasteiger partial charge in [0.2, 0.25) is 0 Å². The topological polar surface area (TPSA) is 46.2 Å². The predicted molar refractivity (Wildman–Crippen MR) is 70.0 cm³/mol. The Hall–Kier alpha value is -0.870. The van der Waals surface area contributed by atoms with Gasteiger partial charge >= 0.3 is 0 Å². The fourth-order valence-corrected chi connectivity index (χ4v) is 2.37. The van der Waals surface area contributed by atoms with Crippen molar-refractivity contribution >= 4 is 9.84 Å². The average Bonchev–Trinajstić information content (AvgIpc) is 2.25. The zero-order valence-electron chi connectivity index (χ0n) is 9.91. The highest BCUT2D eigenvalue weighted by atomic mass is 32.2. The Morgan fingerprint density at radius 3 is 2.50 bits per heavy atom. The van der Waals surface area contributed by atoms with Gasteiger partial charge in [-0.1, -0.05) is 38.7 Å². The zero-order chi connectivity index (χ0) is 12.4. The predicted octanol–water partition coefficient (Wildman–Crippen LogP) is 2.05. The van der Waals surface area contributed by atoms with Crippen molar-refractivity contribution in [2.75, 3.05) is 18.8 Å². The molecule has 92 valence electrons. The smallest absolute Gasteiger partial charge is 0.179 e. The van der Waals surface area contributed by atoms with Gasteiger partial charge in [-0.05, 0) is 19.0 Å². The molecule has 0 aromatic heterocycles. The minimum atomic E-state index is -3.21. The highest BCUT2D eigenvalue weighted by molar-refractivity contribution is 7.95. The van der Waals surface area contributed by atoms with Gasteiger partial charge in [-0.15, -0.1) is 0 Å². The molecule has 0 radical (unpaired) electrons. The summed E-state index contributed by atoms with van der Waals surface area (Å²) in [5, 5.41) is 3.10. The molecule has 3 nitrogen and oxygen atoms in total. The largest absolute Gasteiger partial charge is 0.316 e. The molecule has 4 heteroatoms. The number of hydrogen-bond donors (Lipinski definition) is 1. The Kier molecular flexibility index (Phi) is 7.85. The van der Waals surface area contributed by atoms with Crippen LogP contribution in [0.5, 0.6) is 0 Å². The average molecular weight is 243 g/mol. The molecule has 0 aromatic rings. The first-order valence-corrected chi connectivity index (χ1v) is 7.12. The Bertz CT molecular complexity index is 342. The summed E-state index contributed by atoms with van der Waals surface area (Å²) in [5.41, 5.74) is 0. The van der Waals surface area contributed by atoms with Crippen LogP contribution in [0.3, 0.4) is 0 Å². The van der Waals surface area contributed by atoms with Crippen molar-refractivity contribution in [3.05, 3.63) is 36.3 Å². The molecule has 0 unspecified atom stereocenters. The van der Waals surface area contributed by atoms with Gasteiger partial charge in [0.1, 0.15) is 0 Å². The fourth-order valence-electron chi connectivity index (χ4n) is 1.17. The maximum atomic E-state index is 11.8. The van der Waals surface area contributed by atoms with Crippen LogP contribution in [0, 0.1) is 0 Å². The molecule has 0 aromatic carbocycles. The molecule has 0 saturated heterocycles. The third kappa shape index (κ3) is 5.88. The van der Waals surface area contributed by atoms with Crippen molar-refractivity contribution in [3.8, 4) is 0 Å². The van der Waals surface area contributed by atoms with Gasteiger partial charge in [0.25, 0.3) is 0 Å². The fraction of sp³-hybridized carbons (Fsp3) is 0.500. The third-order valence-electron chi connectivity index (χ3n) is 2.10. The lowest BCUT2D eigenvalue weighted by Gasteiger charge is -2.06. The van der Waals surface area contributed by atoms with Crippen LogP contribution < -0.4 is 5.32 Å². The molecular formula is C12H21NO2S. The van der Waals surface area contributed by atoms with E-state index in [1.165, 1.54) is 18.2 Å². The lowest BCUT2D eigenvalue weighted by Crippen LogP contribution is -2.24. The Balaban J connectivity index is 4.19. The molecule has 0 aliphatic carbocycles. The molecule has 0 aliphatic heterocycles. The molecule has 0 amide bonds. The Morgan fingerprint density at radius 2 is 2.00 bits per heavy atom. The second-order valence-corrected chi connectivity index (χ2v) is 5.54. The van der Waals surface area contributed by atoms with Crippen molar-refractivity contribution in [1.82, 2.24) is 5.32 Å². The SMILES string of the molecule is C=C/C=C(\C=C)S(=O)(=O)CCNCCCC. The van der Waals surface area contributed by atoms with E-state index < -0.39 is 9.84 Å². The van der Waals surface area contributed by atoms with Gasteiger partial charge in [-0.3, -0.25) is 0 Å². The van der Waals surface area contributed by atoms with Crippen molar-refractivity contribution in [3.63, 3.8) is 0 Å². The van der Waals surface area contributed by atoms with Crippen LogP contribution in [0.2, 0.25) is 0 Å². The molecule has 0 saturated carbocycles. The molecular weight excluding hydrogens is 222 g/mol. The minimum Gasteiger partial charge on any atom is -0.316 e.